The number of hydrogen-bond donors (Lipinski definition) is 0. The van der Waals surface area contributed by atoms with E-state index in [1.807, 2.05) is 6.07 Å². The van der Waals surface area contributed by atoms with Gasteiger partial charge in [-0.2, -0.15) is 0 Å². The molecule has 0 unspecified atom stereocenters. The van der Waals surface area contributed by atoms with Gasteiger partial charge in [-0.25, -0.2) is 9.97 Å². The molecule has 0 aliphatic carbocycles. The molecule has 0 amide bonds. The zero-order chi connectivity index (χ0) is 38.6. The molecule has 0 aliphatic heterocycles. The molecular weight excluding hydrogens is 721 g/mol. The molecule has 59 heavy (non-hydrogen) atoms. The van der Waals surface area contributed by atoms with Crippen molar-refractivity contribution in [2.75, 3.05) is 0 Å². The van der Waals surface area contributed by atoms with Crippen LogP contribution in [-0.4, -0.2) is 19.1 Å². The van der Waals surface area contributed by atoms with Crippen molar-refractivity contribution in [3.8, 4) is 34.0 Å². The predicted molar refractivity (Wildman–Crippen MR) is 244 cm³/mol. The predicted octanol–water partition coefficient (Wildman–Crippen LogP) is 14.2. The molecule has 0 N–H and O–H groups in total. The van der Waals surface area contributed by atoms with Crippen molar-refractivity contribution in [3.05, 3.63) is 194 Å². The molecule has 0 spiro atoms. The van der Waals surface area contributed by atoms with E-state index in [-0.39, 0.29) is 0 Å². The smallest absolute Gasteiger partial charge is 0.235 e. The number of hydrogen-bond acceptors (Lipinski definition) is 3. The quantitative estimate of drug-likeness (QED) is 0.180. The molecule has 0 atom stereocenters. The number of nitrogens with zero attached hydrogens (tertiary/aromatic N) is 4. The minimum atomic E-state index is 0.610. The average molecular weight is 753 g/mol. The Hall–Kier alpha value is -8.02. The molecule has 0 radical (unpaired) electrons. The van der Waals surface area contributed by atoms with Crippen LogP contribution >= 0.6 is 0 Å². The first-order valence-electron chi connectivity index (χ1n) is 20.0. The fraction of sp³-hybridized carbons (Fsp3) is 0. The lowest BCUT2D eigenvalue weighted by Gasteiger charge is -2.13. The van der Waals surface area contributed by atoms with Crippen LogP contribution in [0.15, 0.2) is 199 Å². The van der Waals surface area contributed by atoms with Gasteiger partial charge in [0.2, 0.25) is 5.95 Å². The summed E-state index contributed by atoms with van der Waals surface area (Å²) in [7, 11) is 0. The topological polar surface area (TPSA) is 48.8 Å². The summed E-state index contributed by atoms with van der Waals surface area (Å²) < 4.78 is 11.5. The lowest BCUT2D eigenvalue weighted by Crippen LogP contribution is -2.03. The summed E-state index contributed by atoms with van der Waals surface area (Å²) in [5.41, 5.74) is 12.3. The van der Waals surface area contributed by atoms with E-state index in [4.69, 9.17) is 14.4 Å². The standard InChI is InChI=1S/C54H32N4O/c1-2-12-33(13-3-1)35-24-26-38(27-25-35)57-45-20-10-7-18-42(45)49-46(57)31-29-43-50-47(30-28-40-39-16-8-11-21-48(39)59-53(40)50)58(52(43)49)54-55-44-19-9-6-17-41(44)51(56-54)37-23-22-34-14-4-5-15-36(34)32-37/h1-32H. The third kappa shape index (κ3) is 4.67. The molecule has 5 heteroatoms. The number of rotatable bonds is 4. The second-order valence-corrected chi connectivity index (χ2v) is 15.3. The van der Waals surface area contributed by atoms with Crippen LogP contribution in [0, 0.1) is 0 Å². The van der Waals surface area contributed by atoms with Crippen molar-refractivity contribution in [3.63, 3.8) is 0 Å². The van der Waals surface area contributed by atoms with E-state index in [2.05, 4.69) is 197 Å². The highest BCUT2D eigenvalue weighted by molar-refractivity contribution is 6.31. The molecule has 13 rings (SSSR count). The van der Waals surface area contributed by atoms with E-state index in [1.165, 1.54) is 21.9 Å². The number of benzene rings is 9. The summed E-state index contributed by atoms with van der Waals surface area (Å²) in [5.74, 6) is 0.610. The van der Waals surface area contributed by atoms with Crippen molar-refractivity contribution in [2.24, 2.45) is 0 Å². The molecule has 0 bridgehead atoms. The lowest BCUT2D eigenvalue weighted by molar-refractivity contribution is 0.673. The van der Waals surface area contributed by atoms with Crippen molar-refractivity contribution >= 4 is 87.2 Å². The maximum absolute atomic E-state index is 6.79. The molecule has 13 aromatic rings. The Morgan fingerprint density at radius 2 is 1.05 bits per heavy atom. The molecule has 4 aromatic heterocycles. The van der Waals surface area contributed by atoms with Crippen LogP contribution in [0.5, 0.6) is 0 Å². The Labute approximate surface area is 337 Å². The monoisotopic (exact) mass is 752 g/mol. The first-order valence-corrected chi connectivity index (χ1v) is 20.0. The van der Waals surface area contributed by atoms with Gasteiger partial charge in [-0.15, -0.1) is 0 Å². The summed E-state index contributed by atoms with van der Waals surface area (Å²) in [6, 6.07) is 68.9. The van der Waals surface area contributed by atoms with Crippen molar-refractivity contribution in [1.29, 1.82) is 0 Å². The number of para-hydroxylation sites is 3. The molecule has 0 saturated heterocycles. The molecule has 0 fully saturated rings. The zero-order valence-corrected chi connectivity index (χ0v) is 31.7. The summed E-state index contributed by atoms with van der Waals surface area (Å²) in [4.78, 5) is 10.9. The first kappa shape index (κ1) is 32.1. The summed E-state index contributed by atoms with van der Waals surface area (Å²) in [5, 5.41) is 9.98. The van der Waals surface area contributed by atoms with E-state index in [0.717, 1.165) is 93.4 Å². The molecule has 4 heterocycles. The Morgan fingerprint density at radius 3 is 1.92 bits per heavy atom. The van der Waals surface area contributed by atoms with E-state index in [9.17, 15) is 0 Å². The van der Waals surface area contributed by atoms with Crippen molar-refractivity contribution in [1.82, 2.24) is 19.1 Å². The maximum Gasteiger partial charge on any atom is 0.235 e. The number of fused-ring (bicyclic) bond motifs is 13. The van der Waals surface area contributed by atoms with Gasteiger partial charge in [0.1, 0.15) is 11.2 Å². The normalized spacial score (nSPS) is 12.1. The van der Waals surface area contributed by atoms with Gasteiger partial charge in [0.05, 0.1) is 38.7 Å². The maximum atomic E-state index is 6.79. The van der Waals surface area contributed by atoms with Gasteiger partial charge in [-0.3, -0.25) is 4.57 Å². The van der Waals surface area contributed by atoms with Crippen LogP contribution in [0.2, 0.25) is 0 Å². The van der Waals surface area contributed by atoms with Crippen LogP contribution in [-0.2, 0) is 0 Å². The van der Waals surface area contributed by atoms with E-state index < -0.39 is 0 Å². The molecule has 0 saturated carbocycles. The number of aromatic nitrogens is 4. The lowest BCUT2D eigenvalue weighted by atomic mass is 10.0. The van der Waals surface area contributed by atoms with Crippen LogP contribution in [0.4, 0.5) is 0 Å². The van der Waals surface area contributed by atoms with Crippen LogP contribution in [0.1, 0.15) is 0 Å². The van der Waals surface area contributed by atoms with Gasteiger partial charge < -0.3 is 8.98 Å². The summed E-state index contributed by atoms with van der Waals surface area (Å²) in [6.07, 6.45) is 0. The average Bonchev–Trinajstić information content (AvgIpc) is 3.96. The largest absolute Gasteiger partial charge is 0.455 e. The number of furan rings is 1. The second-order valence-electron chi connectivity index (χ2n) is 15.3. The Balaban J connectivity index is 1.17. The van der Waals surface area contributed by atoms with Crippen molar-refractivity contribution < 1.29 is 4.42 Å². The highest BCUT2D eigenvalue weighted by Gasteiger charge is 2.25. The van der Waals surface area contributed by atoms with E-state index in [1.54, 1.807) is 0 Å². The Morgan fingerprint density at radius 1 is 0.390 bits per heavy atom. The molecule has 9 aromatic carbocycles. The highest BCUT2D eigenvalue weighted by atomic mass is 16.3. The van der Waals surface area contributed by atoms with Crippen LogP contribution in [0.3, 0.4) is 0 Å². The molecule has 5 nitrogen and oxygen atoms in total. The van der Waals surface area contributed by atoms with Gasteiger partial charge >= 0.3 is 0 Å². The van der Waals surface area contributed by atoms with E-state index in [0.29, 0.717) is 5.95 Å². The fourth-order valence-corrected chi connectivity index (χ4v) is 9.46. The minimum absolute atomic E-state index is 0.610. The summed E-state index contributed by atoms with van der Waals surface area (Å²) in [6.45, 7) is 0. The van der Waals surface area contributed by atoms with Crippen LogP contribution < -0.4 is 0 Å². The third-order valence-corrected chi connectivity index (χ3v) is 12.1. The zero-order valence-electron chi connectivity index (χ0n) is 31.7. The fourth-order valence-electron chi connectivity index (χ4n) is 9.46. The molecule has 0 aliphatic rings. The highest BCUT2D eigenvalue weighted by Crippen LogP contribution is 2.45. The van der Waals surface area contributed by atoms with Crippen LogP contribution in [0.25, 0.3) is 121 Å². The Bertz CT molecular complexity index is 3830. The SMILES string of the molecule is c1ccc(-c2ccc(-n3c4ccccc4c4c3ccc3c5c6oc7ccccc7c6ccc5n(-c5nc(-c6ccc7ccccc7c6)c6ccccc6n5)c34)cc2)cc1. The molecular formula is C54H32N4O. The second kappa shape index (κ2) is 12.2. The van der Waals surface area contributed by atoms with Gasteiger partial charge in [-0.1, -0.05) is 133 Å². The molecule has 274 valence electrons. The van der Waals surface area contributed by atoms with E-state index >= 15 is 0 Å². The summed E-state index contributed by atoms with van der Waals surface area (Å²) >= 11 is 0. The van der Waals surface area contributed by atoms with Gasteiger partial charge in [0.15, 0.2) is 0 Å². The van der Waals surface area contributed by atoms with Gasteiger partial charge in [0.25, 0.3) is 0 Å². The van der Waals surface area contributed by atoms with Gasteiger partial charge in [-0.05, 0) is 82.6 Å². The van der Waals surface area contributed by atoms with Crippen molar-refractivity contribution in [2.45, 2.75) is 0 Å². The third-order valence-electron chi connectivity index (χ3n) is 12.1. The minimum Gasteiger partial charge on any atom is -0.455 e. The first-order chi connectivity index (χ1) is 29.3. The van der Waals surface area contributed by atoms with Gasteiger partial charge in [0, 0.05) is 43.6 Å². The Kier molecular flexibility index (Phi) is 6.66.